The Hall–Kier alpha value is -3.04. The van der Waals surface area contributed by atoms with Crippen molar-refractivity contribution < 1.29 is 4.79 Å². The molecule has 3 heterocycles. The van der Waals surface area contributed by atoms with Gasteiger partial charge in [0.25, 0.3) is 5.56 Å². The summed E-state index contributed by atoms with van der Waals surface area (Å²) in [7, 11) is 1.52. The molecule has 1 amide bonds. The van der Waals surface area contributed by atoms with Crippen molar-refractivity contribution in [2.24, 2.45) is 7.05 Å². The Morgan fingerprint density at radius 2 is 1.97 bits per heavy atom. The van der Waals surface area contributed by atoms with Crippen LogP contribution >= 0.6 is 11.6 Å². The summed E-state index contributed by atoms with van der Waals surface area (Å²) in [5.74, 6) is -0.00656. The minimum absolute atomic E-state index is 0.171. The largest absolute Gasteiger partial charge is 0.353 e. The summed E-state index contributed by atoms with van der Waals surface area (Å²) in [5, 5.41) is 3.58. The molecule has 1 aliphatic rings. The second-order valence-corrected chi connectivity index (χ2v) is 8.84. The highest BCUT2D eigenvalue weighted by Gasteiger charge is 2.19. The topological polar surface area (TPSA) is 102 Å². The van der Waals surface area contributed by atoms with Gasteiger partial charge in [0.2, 0.25) is 5.91 Å². The number of piperidine rings is 1. The summed E-state index contributed by atoms with van der Waals surface area (Å²) in [4.78, 5) is 49.3. The summed E-state index contributed by atoms with van der Waals surface area (Å²) in [6.07, 6.45) is 4.96. The van der Waals surface area contributed by atoms with E-state index in [0.717, 1.165) is 24.1 Å². The molecule has 2 aromatic heterocycles. The molecule has 0 saturated carbocycles. The Kier molecular flexibility index (Phi) is 6.90. The Balaban J connectivity index is 1.52. The molecule has 1 fully saturated rings. The molecule has 1 saturated heterocycles. The Morgan fingerprint density at radius 1 is 1.21 bits per heavy atom. The number of aryl methyl sites for hydroxylation is 1. The maximum atomic E-state index is 13.0. The number of hydrogen-bond donors (Lipinski definition) is 1. The van der Waals surface area contributed by atoms with Crippen molar-refractivity contribution in [1.29, 1.82) is 0 Å². The van der Waals surface area contributed by atoms with E-state index in [2.05, 4.69) is 27.1 Å². The van der Waals surface area contributed by atoms with Crippen LogP contribution in [0.15, 0.2) is 40.1 Å². The lowest BCUT2D eigenvalue weighted by Gasteiger charge is -2.33. The van der Waals surface area contributed by atoms with Gasteiger partial charge in [-0.05, 0) is 50.6 Å². The van der Waals surface area contributed by atoms with Crippen molar-refractivity contribution >= 4 is 28.5 Å². The molecule has 0 spiro atoms. The minimum atomic E-state index is -0.604. The van der Waals surface area contributed by atoms with Gasteiger partial charge >= 0.3 is 5.69 Å². The Labute approximate surface area is 196 Å². The van der Waals surface area contributed by atoms with E-state index in [9.17, 15) is 14.4 Å². The first-order valence-electron chi connectivity index (χ1n) is 11.1. The van der Waals surface area contributed by atoms with E-state index < -0.39 is 11.2 Å². The molecule has 33 heavy (non-hydrogen) atoms. The third-order valence-electron chi connectivity index (χ3n) is 6.15. The van der Waals surface area contributed by atoms with Gasteiger partial charge in [-0.15, -0.1) is 0 Å². The zero-order valence-electron chi connectivity index (χ0n) is 18.8. The van der Waals surface area contributed by atoms with Crippen LogP contribution in [0.25, 0.3) is 22.4 Å². The van der Waals surface area contributed by atoms with Gasteiger partial charge in [0.05, 0.1) is 0 Å². The average molecular weight is 471 g/mol. The van der Waals surface area contributed by atoms with Gasteiger partial charge < -0.3 is 5.32 Å². The number of nitrogens with one attached hydrogen (secondary N) is 1. The number of hydrogen-bond acceptors (Lipinski definition) is 6. The van der Waals surface area contributed by atoms with Crippen LogP contribution in [0.2, 0.25) is 5.02 Å². The number of aromatic nitrogens is 4. The number of fused-ring (bicyclic) bond motifs is 1. The lowest BCUT2D eigenvalue weighted by atomic mass is 10.0. The van der Waals surface area contributed by atoms with Gasteiger partial charge in [-0.1, -0.05) is 18.0 Å². The second-order valence-electron chi connectivity index (χ2n) is 8.40. The summed E-state index contributed by atoms with van der Waals surface area (Å²) >= 11 is 5.93. The van der Waals surface area contributed by atoms with E-state index in [0.29, 0.717) is 29.0 Å². The molecule has 1 unspecified atom stereocenters. The molecule has 1 atom stereocenters. The normalized spacial score (nSPS) is 16.8. The minimum Gasteiger partial charge on any atom is -0.353 e. The van der Waals surface area contributed by atoms with E-state index in [1.807, 2.05) is 0 Å². The molecule has 10 heteroatoms. The van der Waals surface area contributed by atoms with Crippen LogP contribution in [0.1, 0.15) is 26.2 Å². The first kappa shape index (κ1) is 23.1. The maximum Gasteiger partial charge on any atom is 0.332 e. The summed E-state index contributed by atoms with van der Waals surface area (Å²) < 4.78 is 2.19. The van der Waals surface area contributed by atoms with Crippen molar-refractivity contribution in [2.45, 2.75) is 38.8 Å². The first-order chi connectivity index (χ1) is 15.8. The van der Waals surface area contributed by atoms with Crippen LogP contribution in [0.4, 0.5) is 0 Å². The third-order valence-corrected chi connectivity index (χ3v) is 6.40. The van der Waals surface area contributed by atoms with Gasteiger partial charge in [-0.2, -0.15) is 0 Å². The molecule has 9 nitrogen and oxygen atoms in total. The smallest absolute Gasteiger partial charge is 0.332 e. The van der Waals surface area contributed by atoms with Crippen molar-refractivity contribution in [1.82, 2.24) is 29.3 Å². The van der Waals surface area contributed by atoms with Crippen LogP contribution in [0.5, 0.6) is 0 Å². The van der Waals surface area contributed by atoms with Crippen LogP contribution in [0.3, 0.4) is 0 Å². The number of likely N-dealkylation sites (tertiary alicyclic amines) is 1. The van der Waals surface area contributed by atoms with Crippen LogP contribution in [-0.2, 0) is 18.4 Å². The Morgan fingerprint density at radius 3 is 2.70 bits per heavy atom. The number of nitrogens with zero attached hydrogens (tertiary/aromatic N) is 5. The molecule has 1 aromatic carbocycles. The quantitative estimate of drug-likeness (QED) is 0.589. The van der Waals surface area contributed by atoms with E-state index in [4.69, 9.17) is 11.6 Å². The predicted molar refractivity (Wildman–Crippen MR) is 127 cm³/mol. The van der Waals surface area contributed by atoms with Crippen LogP contribution in [0, 0.1) is 0 Å². The molecular formula is C23H27ClN6O3. The standard InChI is InChI=1S/C23H27ClN6O3/c1-15-5-3-4-11-29(15)12-10-25-19(31)14-30-22(32)18-13-26-20(16-6-8-17(24)9-7-16)27-21(18)28(2)23(30)33/h6-9,13,15H,3-5,10-12,14H2,1-2H3,(H,25,31). The number of carbonyl (C=O) groups is 1. The van der Waals surface area contributed by atoms with Crippen LogP contribution < -0.4 is 16.6 Å². The number of carbonyl (C=O) groups excluding carboxylic acids is 1. The fourth-order valence-corrected chi connectivity index (χ4v) is 4.31. The van der Waals surface area contributed by atoms with Crippen molar-refractivity contribution in [3.8, 4) is 11.4 Å². The molecule has 0 radical (unpaired) electrons. The van der Waals surface area contributed by atoms with Crippen molar-refractivity contribution in [2.75, 3.05) is 19.6 Å². The van der Waals surface area contributed by atoms with Gasteiger partial charge in [-0.25, -0.2) is 14.8 Å². The Bertz CT molecular complexity index is 1280. The lowest BCUT2D eigenvalue weighted by Crippen LogP contribution is -2.46. The highest BCUT2D eigenvalue weighted by Crippen LogP contribution is 2.19. The maximum absolute atomic E-state index is 13.0. The van der Waals surface area contributed by atoms with Crippen molar-refractivity contribution in [3.63, 3.8) is 0 Å². The number of amides is 1. The molecule has 1 N–H and O–H groups in total. The SMILES string of the molecule is CC1CCCCN1CCNC(=O)Cn1c(=O)c2cnc(-c3ccc(Cl)cc3)nc2n(C)c1=O. The fraction of sp³-hybridized carbons (Fsp3) is 0.435. The number of benzene rings is 1. The van der Waals surface area contributed by atoms with E-state index in [-0.39, 0.29) is 23.5 Å². The molecule has 3 aromatic rings. The van der Waals surface area contributed by atoms with E-state index >= 15 is 0 Å². The monoisotopic (exact) mass is 470 g/mol. The predicted octanol–water partition coefficient (Wildman–Crippen LogP) is 1.80. The third kappa shape index (κ3) is 4.99. The van der Waals surface area contributed by atoms with Gasteiger partial charge in [0.15, 0.2) is 11.5 Å². The molecular weight excluding hydrogens is 444 g/mol. The zero-order chi connectivity index (χ0) is 23.5. The van der Waals surface area contributed by atoms with Crippen molar-refractivity contribution in [3.05, 3.63) is 56.3 Å². The van der Waals surface area contributed by atoms with Gasteiger partial charge in [-0.3, -0.25) is 23.6 Å². The van der Waals surface area contributed by atoms with E-state index in [1.54, 1.807) is 24.3 Å². The fourth-order valence-electron chi connectivity index (χ4n) is 4.19. The molecule has 0 aliphatic carbocycles. The first-order valence-corrected chi connectivity index (χ1v) is 11.5. The second kappa shape index (κ2) is 9.84. The zero-order valence-corrected chi connectivity index (χ0v) is 19.5. The van der Waals surface area contributed by atoms with Gasteiger partial charge in [0.1, 0.15) is 11.9 Å². The van der Waals surface area contributed by atoms with Crippen LogP contribution in [-0.4, -0.2) is 55.6 Å². The highest BCUT2D eigenvalue weighted by atomic mass is 35.5. The van der Waals surface area contributed by atoms with Gasteiger partial charge in [0, 0.05) is 43.0 Å². The average Bonchev–Trinajstić information content (AvgIpc) is 2.82. The summed E-state index contributed by atoms with van der Waals surface area (Å²) in [6, 6.07) is 7.46. The molecule has 174 valence electrons. The highest BCUT2D eigenvalue weighted by molar-refractivity contribution is 6.30. The molecule has 0 bridgehead atoms. The summed E-state index contributed by atoms with van der Waals surface area (Å²) in [5.41, 5.74) is -0.273. The lowest BCUT2D eigenvalue weighted by molar-refractivity contribution is -0.121. The molecule has 4 rings (SSSR count). The number of halogens is 1. The number of rotatable bonds is 6. The van der Waals surface area contributed by atoms with E-state index in [1.165, 1.54) is 30.7 Å². The molecule has 1 aliphatic heterocycles. The summed E-state index contributed by atoms with van der Waals surface area (Å²) in [6.45, 7) is 4.09.